The summed E-state index contributed by atoms with van der Waals surface area (Å²) in [5.74, 6) is -0.240. The molecule has 0 amide bonds. The smallest absolute Gasteiger partial charge is 0.336 e. The van der Waals surface area contributed by atoms with Crippen molar-refractivity contribution in [1.29, 1.82) is 0 Å². The number of ether oxygens (including phenoxy) is 1. The number of benzene rings is 2. The standard InChI is InChI=1S/C19H15FO3/c20-16-6-1-2-7-17(16)22-11-14-10-19(21)23-18-9-13-5-3-4-12(13)8-15(14)18/h1-2,6-10H,3-5,11H2. The van der Waals surface area contributed by atoms with Crippen LogP contribution in [-0.4, -0.2) is 0 Å². The van der Waals surface area contributed by atoms with E-state index < -0.39 is 11.4 Å². The first-order valence-electron chi connectivity index (χ1n) is 7.66. The highest BCUT2D eigenvalue weighted by molar-refractivity contribution is 5.82. The van der Waals surface area contributed by atoms with Gasteiger partial charge < -0.3 is 9.15 Å². The van der Waals surface area contributed by atoms with Crippen molar-refractivity contribution in [3.63, 3.8) is 0 Å². The molecule has 0 aliphatic heterocycles. The monoisotopic (exact) mass is 310 g/mol. The van der Waals surface area contributed by atoms with Crippen LogP contribution in [0.4, 0.5) is 4.39 Å². The number of hydrogen-bond donors (Lipinski definition) is 0. The molecular weight excluding hydrogens is 295 g/mol. The molecule has 3 aromatic rings. The molecule has 0 unspecified atom stereocenters. The van der Waals surface area contributed by atoms with Crippen molar-refractivity contribution in [3.05, 3.63) is 75.4 Å². The lowest BCUT2D eigenvalue weighted by Crippen LogP contribution is -2.05. The molecule has 116 valence electrons. The Morgan fingerprint density at radius 3 is 2.70 bits per heavy atom. The molecule has 0 atom stereocenters. The van der Waals surface area contributed by atoms with Crippen molar-refractivity contribution >= 4 is 11.0 Å². The van der Waals surface area contributed by atoms with Crippen LogP contribution < -0.4 is 10.4 Å². The van der Waals surface area contributed by atoms with E-state index in [1.807, 2.05) is 6.07 Å². The van der Waals surface area contributed by atoms with Gasteiger partial charge in [0.1, 0.15) is 12.2 Å². The van der Waals surface area contributed by atoms with Crippen molar-refractivity contribution < 1.29 is 13.5 Å². The van der Waals surface area contributed by atoms with Crippen molar-refractivity contribution in [3.8, 4) is 5.75 Å². The first-order valence-corrected chi connectivity index (χ1v) is 7.66. The number of halogens is 1. The van der Waals surface area contributed by atoms with Gasteiger partial charge in [-0.25, -0.2) is 9.18 Å². The van der Waals surface area contributed by atoms with Gasteiger partial charge in [0, 0.05) is 17.0 Å². The molecule has 3 nitrogen and oxygen atoms in total. The molecule has 0 fully saturated rings. The number of hydrogen-bond acceptors (Lipinski definition) is 3. The van der Waals surface area contributed by atoms with E-state index in [1.165, 1.54) is 23.3 Å². The van der Waals surface area contributed by atoms with Gasteiger partial charge in [0.05, 0.1) is 0 Å². The van der Waals surface area contributed by atoms with Gasteiger partial charge in [0.25, 0.3) is 0 Å². The molecule has 1 heterocycles. The Hall–Kier alpha value is -2.62. The van der Waals surface area contributed by atoms with Gasteiger partial charge >= 0.3 is 5.63 Å². The lowest BCUT2D eigenvalue weighted by molar-refractivity contribution is 0.291. The Kier molecular flexibility index (Phi) is 3.37. The van der Waals surface area contributed by atoms with Crippen molar-refractivity contribution in [2.45, 2.75) is 25.9 Å². The Morgan fingerprint density at radius 1 is 1.09 bits per heavy atom. The van der Waals surface area contributed by atoms with E-state index in [0.29, 0.717) is 11.1 Å². The van der Waals surface area contributed by atoms with Crippen molar-refractivity contribution in [2.75, 3.05) is 0 Å². The Balaban J connectivity index is 1.74. The minimum absolute atomic E-state index is 0.127. The molecule has 0 saturated carbocycles. The van der Waals surface area contributed by atoms with Gasteiger partial charge in [-0.3, -0.25) is 0 Å². The molecular formula is C19H15FO3. The van der Waals surface area contributed by atoms with Gasteiger partial charge in [-0.15, -0.1) is 0 Å². The zero-order valence-corrected chi connectivity index (χ0v) is 12.5. The first-order chi connectivity index (χ1) is 11.2. The lowest BCUT2D eigenvalue weighted by atomic mass is 10.0. The quantitative estimate of drug-likeness (QED) is 0.686. The Morgan fingerprint density at radius 2 is 1.87 bits per heavy atom. The van der Waals surface area contributed by atoms with E-state index in [9.17, 15) is 9.18 Å². The first kappa shape index (κ1) is 14.0. The second-order valence-corrected chi connectivity index (χ2v) is 5.78. The van der Waals surface area contributed by atoms with Crippen LogP contribution in [0.2, 0.25) is 0 Å². The zero-order valence-electron chi connectivity index (χ0n) is 12.5. The van der Waals surface area contributed by atoms with Crippen LogP contribution >= 0.6 is 0 Å². The molecule has 4 rings (SSSR count). The number of fused-ring (bicyclic) bond motifs is 2. The maximum absolute atomic E-state index is 13.7. The fourth-order valence-electron chi connectivity index (χ4n) is 3.13. The van der Waals surface area contributed by atoms with E-state index >= 15 is 0 Å². The van der Waals surface area contributed by atoms with E-state index in [-0.39, 0.29) is 12.4 Å². The third-order valence-electron chi connectivity index (χ3n) is 4.26. The maximum Gasteiger partial charge on any atom is 0.336 e. The molecule has 2 aromatic carbocycles. The fourth-order valence-corrected chi connectivity index (χ4v) is 3.13. The van der Waals surface area contributed by atoms with Crippen molar-refractivity contribution in [2.24, 2.45) is 0 Å². The second kappa shape index (κ2) is 5.54. The lowest BCUT2D eigenvalue weighted by Gasteiger charge is -2.10. The summed E-state index contributed by atoms with van der Waals surface area (Å²) in [5, 5.41) is 0.863. The summed E-state index contributed by atoms with van der Waals surface area (Å²) in [5.41, 5.74) is 3.41. The summed E-state index contributed by atoms with van der Waals surface area (Å²) in [7, 11) is 0. The molecule has 0 spiro atoms. The van der Waals surface area contributed by atoms with Crippen LogP contribution in [0.15, 0.2) is 51.7 Å². The normalized spacial score (nSPS) is 13.3. The molecule has 0 radical (unpaired) electrons. The largest absolute Gasteiger partial charge is 0.486 e. The van der Waals surface area contributed by atoms with Crippen LogP contribution in [0.3, 0.4) is 0 Å². The SMILES string of the molecule is O=c1cc(COc2ccccc2F)c2cc3c(cc2o1)CCC3. The molecule has 4 heteroatoms. The van der Waals surface area contributed by atoms with Gasteiger partial charge in [0.15, 0.2) is 11.6 Å². The van der Waals surface area contributed by atoms with Crippen LogP contribution in [0, 0.1) is 5.82 Å². The fraction of sp³-hybridized carbons (Fsp3) is 0.211. The predicted molar refractivity (Wildman–Crippen MR) is 85.2 cm³/mol. The molecule has 23 heavy (non-hydrogen) atoms. The Labute approximate surface area is 132 Å². The predicted octanol–water partition coefficient (Wildman–Crippen LogP) is 4.00. The molecule has 1 aliphatic rings. The number of rotatable bonds is 3. The number of aryl methyl sites for hydroxylation is 2. The highest BCUT2D eigenvalue weighted by atomic mass is 19.1. The van der Waals surface area contributed by atoms with Gasteiger partial charge in [-0.1, -0.05) is 12.1 Å². The molecule has 0 bridgehead atoms. The minimum Gasteiger partial charge on any atom is -0.486 e. The highest BCUT2D eigenvalue weighted by Gasteiger charge is 2.15. The average molecular weight is 310 g/mol. The maximum atomic E-state index is 13.7. The van der Waals surface area contributed by atoms with Crippen LogP contribution in [0.25, 0.3) is 11.0 Å². The third kappa shape index (κ3) is 2.61. The highest BCUT2D eigenvalue weighted by Crippen LogP contribution is 2.29. The third-order valence-corrected chi connectivity index (χ3v) is 4.26. The van der Waals surface area contributed by atoms with Crippen LogP contribution in [0.5, 0.6) is 5.75 Å². The molecule has 0 N–H and O–H groups in total. The van der Waals surface area contributed by atoms with Gasteiger partial charge in [-0.2, -0.15) is 0 Å². The summed E-state index contributed by atoms with van der Waals surface area (Å²) in [6, 6.07) is 11.7. The summed E-state index contributed by atoms with van der Waals surface area (Å²) in [6.07, 6.45) is 3.18. The molecule has 1 aliphatic carbocycles. The second-order valence-electron chi connectivity index (χ2n) is 5.78. The topological polar surface area (TPSA) is 39.4 Å². The zero-order chi connectivity index (χ0) is 15.8. The summed E-state index contributed by atoms with van der Waals surface area (Å²) < 4.78 is 24.5. The van der Waals surface area contributed by atoms with E-state index in [0.717, 1.165) is 24.6 Å². The molecule has 0 saturated heterocycles. The average Bonchev–Trinajstić information content (AvgIpc) is 2.99. The van der Waals surface area contributed by atoms with Crippen LogP contribution in [0.1, 0.15) is 23.1 Å². The summed E-state index contributed by atoms with van der Waals surface area (Å²) in [6.45, 7) is 0.127. The van der Waals surface area contributed by atoms with E-state index in [4.69, 9.17) is 9.15 Å². The molecule has 1 aromatic heterocycles. The van der Waals surface area contributed by atoms with E-state index in [2.05, 4.69) is 6.07 Å². The minimum atomic E-state index is -0.416. The van der Waals surface area contributed by atoms with Gasteiger partial charge in [0.2, 0.25) is 0 Å². The number of para-hydroxylation sites is 1. The van der Waals surface area contributed by atoms with Crippen LogP contribution in [-0.2, 0) is 19.4 Å². The summed E-state index contributed by atoms with van der Waals surface area (Å²) >= 11 is 0. The van der Waals surface area contributed by atoms with E-state index in [1.54, 1.807) is 18.2 Å². The van der Waals surface area contributed by atoms with Crippen molar-refractivity contribution in [1.82, 2.24) is 0 Å². The Bertz CT molecular complexity index is 943. The summed E-state index contributed by atoms with van der Waals surface area (Å²) in [4.78, 5) is 11.8. The van der Waals surface area contributed by atoms with Gasteiger partial charge in [-0.05, 0) is 54.7 Å².